The molecule has 0 radical (unpaired) electrons. The molecule has 1 atom stereocenters. The first kappa shape index (κ1) is 12.9. The molecule has 4 fully saturated rings. The lowest BCUT2D eigenvalue weighted by Crippen LogP contribution is -2.44. The van der Waals surface area contributed by atoms with E-state index in [4.69, 9.17) is 5.73 Å². The number of aromatic amines is 1. The molecule has 0 spiro atoms. The van der Waals surface area contributed by atoms with E-state index in [1.165, 1.54) is 43.4 Å². The molecule has 4 saturated carbocycles. The summed E-state index contributed by atoms with van der Waals surface area (Å²) in [4.78, 5) is 0. The first-order valence-corrected chi connectivity index (χ1v) is 8.42. The van der Waals surface area contributed by atoms with E-state index in [1.54, 1.807) is 0 Å². The quantitative estimate of drug-likeness (QED) is 0.884. The first-order chi connectivity index (χ1) is 9.63. The predicted octanol–water partition coefficient (Wildman–Crippen LogP) is 3.61. The van der Waals surface area contributed by atoms with Crippen LogP contribution in [0.2, 0.25) is 0 Å². The predicted molar refractivity (Wildman–Crippen MR) is 80.1 cm³/mol. The Labute approximate surface area is 121 Å². The highest BCUT2D eigenvalue weighted by atomic mass is 15.1. The Bertz CT molecular complexity index is 462. The number of hydrogen-bond donors (Lipinski definition) is 2. The summed E-state index contributed by atoms with van der Waals surface area (Å²) in [6, 6.07) is 0.102. The van der Waals surface area contributed by atoms with Crippen molar-refractivity contribution >= 4 is 0 Å². The Balaban J connectivity index is 1.67. The average Bonchev–Trinajstić information content (AvgIpc) is 2.85. The van der Waals surface area contributed by atoms with Crippen molar-refractivity contribution in [1.29, 1.82) is 0 Å². The molecule has 0 aromatic carbocycles. The second-order valence-corrected chi connectivity index (χ2v) is 7.97. The van der Waals surface area contributed by atoms with Gasteiger partial charge in [-0.15, -0.1) is 0 Å². The molecule has 3 nitrogen and oxygen atoms in total. The van der Waals surface area contributed by atoms with Gasteiger partial charge in [-0.05, 0) is 73.2 Å². The number of hydrogen-bond acceptors (Lipinski definition) is 2. The smallest absolute Gasteiger partial charge is 0.0556 e. The zero-order chi connectivity index (χ0) is 13.9. The van der Waals surface area contributed by atoms with E-state index >= 15 is 0 Å². The molecule has 20 heavy (non-hydrogen) atoms. The normalized spacial score (nSPS) is 40.5. The van der Waals surface area contributed by atoms with Crippen LogP contribution in [-0.4, -0.2) is 10.2 Å². The van der Waals surface area contributed by atoms with Crippen LogP contribution in [0.25, 0.3) is 0 Å². The van der Waals surface area contributed by atoms with Crippen LogP contribution in [0.3, 0.4) is 0 Å². The minimum atomic E-state index is 0.102. The lowest BCUT2D eigenvalue weighted by atomic mass is 9.50. The molecule has 4 aliphatic rings. The lowest BCUT2D eigenvalue weighted by molar-refractivity contribution is -0.00320. The van der Waals surface area contributed by atoms with Crippen LogP contribution >= 0.6 is 0 Å². The van der Waals surface area contributed by atoms with E-state index in [-0.39, 0.29) is 6.04 Å². The number of rotatable bonds is 3. The molecule has 1 aromatic rings. The second kappa shape index (κ2) is 4.59. The van der Waals surface area contributed by atoms with E-state index in [2.05, 4.69) is 30.2 Å². The molecule has 0 aliphatic heterocycles. The third-order valence-corrected chi connectivity index (χ3v) is 6.34. The topological polar surface area (TPSA) is 54.7 Å². The summed E-state index contributed by atoms with van der Waals surface area (Å²) in [5.41, 5.74) is 9.08. The van der Waals surface area contributed by atoms with E-state index in [0.29, 0.717) is 5.92 Å². The fourth-order valence-electron chi connectivity index (χ4n) is 5.60. The van der Waals surface area contributed by atoms with Crippen LogP contribution in [0.15, 0.2) is 6.20 Å². The van der Waals surface area contributed by atoms with Crippen molar-refractivity contribution < 1.29 is 0 Å². The van der Waals surface area contributed by atoms with Gasteiger partial charge in [0.15, 0.2) is 0 Å². The van der Waals surface area contributed by atoms with Crippen molar-refractivity contribution in [2.24, 2.45) is 35.3 Å². The van der Waals surface area contributed by atoms with E-state index in [9.17, 15) is 0 Å². The molecule has 0 amide bonds. The third-order valence-electron chi connectivity index (χ3n) is 6.34. The summed E-state index contributed by atoms with van der Waals surface area (Å²) in [6.45, 7) is 4.40. The van der Waals surface area contributed by atoms with Gasteiger partial charge in [-0.1, -0.05) is 13.8 Å². The molecule has 1 unspecified atom stereocenters. The van der Waals surface area contributed by atoms with Gasteiger partial charge < -0.3 is 5.73 Å². The molecular formula is C17H27N3. The Morgan fingerprint density at radius 1 is 1.10 bits per heavy atom. The van der Waals surface area contributed by atoms with Crippen LogP contribution in [-0.2, 0) is 0 Å². The molecule has 5 rings (SSSR count). The fraction of sp³-hybridized carbons (Fsp3) is 0.824. The van der Waals surface area contributed by atoms with Gasteiger partial charge in [0.25, 0.3) is 0 Å². The highest BCUT2D eigenvalue weighted by molar-refractivity contribution is 5.28. The molecule has 1 heterocycles. The van der Waals surface area contributed by atoms with Crippen molar-refractivity contribution in [3.8, 4) is 0 Å². The van der Waals surface area contributed by atoms with Crippen LogP contribution in [0.5, 0.6) is 0 Å². The van der Waals surface area contributed by atoms with Gasteiger partial charge in [-0.3, -0.25) is 5.10 Å². The Morgan fingerprint density at radius 3 is 2.25 bits per heavy atom. The summed E-state index contributed by atoms with van der Waals surface area (Å²) in [7, 11) is 0. The van der Waals surface area contributed by atoms with Gasteiger partial charge in [-0.2, -0.15) is 5.10 Å². The zero-order valence-electron chi connectivity index (χ0n) is 12.7. The molecule has 3 N–H and O–H groups in total. The van der Waals surface area contributed by atoms with Crippen molar-refractivity contribution in [2.75, 3.05) is 0 Å². The third kappa shape index (κ3) is 1.86. The maximum Gasteiger partial charge on any atom is 0.0556 e. The first-order valence-electron chi connectivity index (χ1n) is 8.42. The molecule has 110 valence electrons. The highest BCUT2D eigenvalue weighted by Crippen LogP contribution is 2.60. The van der Waals surface area contributed by atoms with Crippen LogP contribution in [0.1, 0.15) is 69.2 Å². The number of nitrogens with two attached hydrogens (primary N) is 1. The van der Waals surface area contributed by atoms with Gasteiger partial charge in [0, 0.05) is 6.04 Å². The molecule has 0 saturated heterocycles. The van der Waals surface area contributed by atoms with Gasteiger partial charge in [0.2, 0.25) is 0 Å². The fourth-order valence-corrected chi connectivity index (χ4v) is 5.60. The van der Waals surface area contributed by atoms with E-state index in [0.717, 1.165) is 29.6 Å². The van der Waals surface area contributed by atoms with Crippen molar-refractivity contribution in [2.45, 2.75) is 57.9 Å². The van der Waals surface area contributed by atoms with Crippen LogP contribution < -0.4 is 5.73 Å². The van der Waals surface area contributed by atoms with E-state index in [1.807, 2.05) is 0 Å². The Hall–Kier alpha value is -0.830. The van der Waals surface area contributed by atoms with Crippen LogP contribution in [0.4, 0.5) is 0 Å². The summed E-state index contributed by atoms with van der Waals surface area (Å²) in [5.74, 6) is 5.07. The molecule has 3 heteroatoms. The molecule has 1 aromatic heterocycles. The van der Waals surface area contributed by atoms with Crippen molar-refractivity contribution in [3.63, 3.8) is 0 Å². The molecular weight excluding hydrogens is 246 g/mol. The summed E-state index contributed by atoms with van der Waals surface area (Å²) in [5, 5.41) is 7.57. The molecule has 4 bridgehead atoms. The van der Waals surface area contributed by atoms with Gasteiger partial charge >= 0.3 is 0 Å². The summed E-state index contributed by atoms with van der Waals surface area (Å²) < 4.78 is 0. The number of H-pyrrole nitrogens is 1. The van der Waals surface area contributed by atoms with Crippen molar-refractivity contribution in [1.82, 2.24) is 10.2 Å². The Morgan fingerprint density at radius 2 is 1.70 bits per heavy atom. The molecule has 4 aliphatic carbocycles. The highest BCUT2D eigenvalue weighted by Gasteiger charge is 2.49. The van der Waals surface area contributed by atoms with Gasteiger partial charge in [-0.25, -0.2) is 0 Å². The summed E-state index contributed by atoms with van der Waals surface area (Å²) in [6.07, 6.45) is 9.44. The average molecular weight is 273 g/mol. The monoisotopic (exact) mass is 273 g/mol. The largest absolute Gasteiger partial charge is 0.322 e. The minimum absolute atomic E-state index is 0.102. The lowest BCUT2D eigenvalue weighted by Gasteiger charge is -2.54. The minimum Gasteiger partial charge on any atom is -0.322 e. The maximum absolute atomic E-state index is 6.40. The van der Waals surface area contributed by atoms with E-state index < -0.39 is 0 Å². The standard InChI is InChI=1S/C17H27N3/c1-9(2)16(18)17-14(8-19-20-17)15-12-4-10-3-11(6-12)7-13(15)5-10/h8-13,15-16H,3-7,18H2,1-2H3,(H,19,20). The second-order valence-electron chi connectivity index (χ2n) is 7.97. The Kier molecular flexibility index (Phi) is 2.95. The SMILES string of the molecule is CC(C)C(N)c1[nH]ncc1C1C2CC3CC(C2)CC1C3. The summed E-state index contributed by atoms with van der Waals surface area (Å²) >= 11 is 0. The van der Waals surface area contributed by atoms with Crippen LogP contribution in [0, 0.1) is 29.6 Å². The number of nitrogens with one attached hydrogen (secondary N) is 1. The van der Waals surface area contributed by atoms with Crippen molar-refractivity contribution in [3.05, 3.63) is 17.5 Å². The number of nitrogens with zero attached hydrogens (tertiary/aromatic N) is 1. The zero-order valence-corrected chi connectivity index (χ0v) is 12.7. The van der Waals surface area contributed by atoms with Gasteiger partial charge in [0.1, 0.15) is 0 Å². The van der Waals surface area contributed by atoms with Gasteiger partial charge in [0.05, 0.1) is 11.9 Å². The number of aromatic nitrogens is 2. The maximum atomic E-state index is 6.40.